The molecule has 5 heteroatoms. The van der Waals surface area contributed by atoms with Gasteiger partial charge in [-0.05, 0) is 19.2 Å². The van der Waals surface area contributed by atoms with Crippen LogP contribution in [-0.4, -0.2) is 49.2 Å². The predicted octanol–water partition coefficient (Wildman–Crippen LogP) is 0.857. The van der Waals surface area contributed by atoms with E-state index in [2.05, 4.69) is 6.07 Å². The van der Waals surface area contributed by atoms with Crippen LogP contribution in [0.15, 0.2) is 30.3 Å². The van der Waals surface area contributed by atoms with Gasteiger partial charge in [0.15, 0.2) is 0 Å². The maximum absolute atomic E-state index is 12.2. The Hall–Kier alpha value is -1.90. The molecular formula is C14H19N3O2. The second kappa shape index (κ2) is 8.25. The number of rotatable bonds is 7. The van der Waals surface area contributed by atoms with Crippen molar-refractivity contribution in [1.82, 2.24) is 4.90 Å². The fourth-order valence-corrected chi connectivity index (χ4v) is 1.73. The van der Waals surface area contributed by atoms with Crippen LogP contribution in [0.5, 0.6) is 0 Å². The summed E-state index contributed by atoms with van der Waals surface area (Å²) in [5.74, 6) is -0.0719. The second-order valence-electron chi connectivity index (χ2n) is 4.25. The van der Waals surface area contributed by atoms with Crippen LogP contribution in [0.1, 0.15) is 6.42 Å². The summed E-state index contributed by atoms with van der Waals surface area (Å²) >= 11 is 0. The highest BCUT2D eigenvalue weighted by atomic mass is 16.3. The molecule has 0 aromatic heterocycles. The Bertz CT molecular complexity index is 428. The number of aliphatic hydroxyl groups is 1. The summed E-state index contributed by atoms with van der Waals surface area (Å²) in [6.45, 7) is 1.08. The van der Waals surface area contributed by atoms with Gasteiger partial charge in [-0.3, -0.25) is 9.69 Å². The normalized spacial score (nSPS) is 10.2. The minimum Gasteiger partial charge on any atom is -0.395 e. The molecule has 5 nitrogen and oxygen atoms in total. The highest BCUT2D eigenvalue weighted by Crippen LogP contribution is 2.14. The van der Waals surface area contributed by atoms with Crippen LogP contribution in [0.25, 0.3) is 0 Å². The van der Waals surface area contributed by atoms with E-state index in [0.717, 1.165) is 5.69 Å². The second-order valence-corrected chi connectivity index (χ2v) is 4.25. The Morgan fingerprint density at radius 1 is 1.32 bits per heavy atom. The molecule has 1 rings (SSSR count). The molecular weight excluding hydrogens is 242 g/mol. The fraction of sp³-hybridized carbons (Fsp3) is 0.429. The summed E-state index contributed by atoms with van der Waals surface area (Å²) in [4.78, 5) is 15.6. The Balaban J connectivity index is 2.74. The van der Waals surface area contributed by atoms with Crippen molar-refractivity contribution in [3.63, 3.8) is 0 Å². The summed E-state index contributed by atoms with van der Waals surface area (Å²) in [7, 11) is 1.78. The van der Waals surface area contributed by atoms with Gasteiger partial charge in [-0.1, -0.05) is 18.2 Å². The van der Waals surface area contributed by atoms with E-state index in [1.54, 1.807) is 16.8 Å². The van der Waals surface area contributed by atoms with E-state index in [4.69, 9.17) is 10.4 Å². The van der Waals surface area contributed by atoms with Gasteiger partial charge in [0, 0.05) is 18.8 Å². The molecule has 0 unspecified atom stereocenters. The number of benzene rings is 1. The third-order valence-electron chi connectivity index (χ3n) is 2.70. The highest BCUT2D eigenvalue weighted by Gasteiger charge is 2.16. The molecule has 0 atom stereocenters. The van der Waals surface area contributed by atoms with E-state index in [9.17, 15) is 4.79 Å². The van der Waals surface area contributed by atoms with Gasteiger partial charge >= 0.3 is 0 Å². The smallest absolute Gasteiger partial charge is 0.241 e. The van der Waals surface area contributed by atoms with E-state index in [1.807, 2.05) is 30.3 Å². The molecule has 1 aromatic carbocycles. The first kappa shape index (κ1) is 15.2. The molecule has 0 saturated carbocycles. The molecule has 1 N–H and O–H groups in total. The number of nitriles is 1. The van der Waals surface area contributed by atoms with Crippen molar-refractivity contribution in [3.05, 3.63) is 30.3 Å². The standard InChI is InChI=1S/C14H19N3O2/c1-16(10-11-18)12-14(19)17(9-5-8-15)13-6-3-2-4-7-13/h2-4,6-7,18H,5,9-12H2,1H3. The number of likely N-dealkylation sites (N-methyl/N-ethyl adjacent to an activating group) is 1. The molecule has 0 saturated heterocycles. The Labute approximate surface area is 113 Å². The molecule has 0 radical (unpaired) electrons. The van der Waals surface area contributed by atoms with Gasteiger partial charge in [-0.15, -0.1) is 0 Å². The van der Waals surface area contributed by atoms with E-state index >= 15 is 0 Å². The van der Waals surface area contributed by atoms with Crippen LogP contribution >= 0.6 is 0 Å². The number of carbonyl (C=O) groups excluding carboxylic acids is 1. The largest absolute Gasteiger partial charge is 0.395 e. The minimum atomic E-state index is -0.0719. The van der Waals surface area contributed by atoms with Gasteiger partial charge in [-0.2, -0.15) is 5.26 Å². The number of amides is 1. The van der Waals surface area contributed by atoms with Crippen molar-refractivity contribution in [2.75, 3.05) is 38.2 Å². The van der Waals surface area contributed by atoms with Gasteiger partial charge in [0.1, 0.15) is 0 Å². The van der Waals surface area contributed by atoms with Crippen molar-refractivity contribution in [2.45, 2.75) is 6.42 Å². The highest BCUT2D eigenvalue weighted by molar-refractivity contribution is 5.94. The monoisotopic (exact) mass is 261 g/mol. The van der Waals surface area contributed by atoms with Gasteiger partial charge < -0.3 is 10.0 Å². The van der Waals surface area contributed by atoms with Crippen molar-refractivity contribution in [2.24, 2.45) is 0 Å². The van der Waals surface area contributed by atoms with Crippen molar-refractivity contribution >= 4 is 11.6 Å². The summed E-state index contributed by atoms with van der Waals surface area (Å²) in [6.07, 6.45) is 0.296. The van der Waals surface area contributed by atoms with Crippen LogP contribution in [0.4, 0.5) is 5.69 Å². The van der Waals surface area contributed by atoms with Crippen molar-refractivity contribution in [3.8, 4) is 6.07 Å². The van der Waals surface area contributed by atoms with Gasteiger partial charge in [0.2, 0.25) is 5.91 Å². The number of nitrogens with zero attached hydrogens (tertiary/aromatic N) is 3. The summed E-state index contributed by atoms with van der Waals surface area (Å²) in [5, 5.41) is 17.5. The van der Waals surface area contributed by atoms with E-state index in [0.29, 0.717) is 19.5 Å². The van der Waals surface area contributed by atoms with Crippen molar-refractivity contribution < 1.29 is 9.90 Å². The zero-order chi connectivity index (χ0) is 14.1. The molecule has 1 aromatic rings. The molecule has 102 valence electrons. The number of hydrogen-bond acceptors (Lipinski definition) is 4. The first-order chi connectivity index (χ1) is 9.19. The summed E-state index contributed by atoms with van der Waals surface area (Å²) in [6, 6.07) is 11.4. The lowest BCUT2D eigenvalue weighted by atomic mass is 10.2. The van der Waals surface area contributed by atoms with Crippen molar-refractivity contribution in [1.29, 1.82) is 5.26 Å². The number of para-hydroxylation sites is 1. The fourth-order valence-electron chi connectivity index (χ4n) is 1.73. The molecule has 0 aliphatic rings. The molecule has 0 heterocycles. The molecule has 0 spiro atoms. The van der Waals surface area contributed by atoms with Crippen LogP contribution < -0.4 is 4.90 Å². The summed E-state index contributed by atoms with van der Waals surface area (Å²) < 4.78 is 0. The average molecular weight is 261 g/mol. The summed E-state index contributed by atoms with van der Waals surface area (Å²) in [5.41, 5.74) is 0.792. The zero-order valence-electron chi connectivity index (χ0n) is 11.1. The topological polar surface area (TPSA) is 67.6 Å². The number of anilines is 1. The zero-order valence-corrected chi connectivity index (χ0v) is 11.1. The number of hydrogen-bond donors (Lipinski definition) is 1. The Kier molecular flexibility index (Phi) is 6.58. The van der Waals surface area contributed by atoms with Gasteiger partial charge in [-0.25, -0.2) is 0 Å². The van der Waals surface area contributed by atoms with Gasteiger partial charge in [0.05, 0.1) is 25.6 Å². The lowest BCUT2D eigenvalue weighted by Crippen LogP contribution is -2.40. The van der Waals surface area contributed by atoms with E-state index < -0.39 is 0 Å². The van der Waals surface area contributed by atoms with Crippen LogP contribution in [-0.2, 0) is 4.79 Å². The first-order valence-corrected chi connectivity index (χ1v) is 6.20. The third kappa shape index (κ3) is 5.08. The predicted molar refractivity (Wildman–Crippen MR) is 73.6 cm³/mol. The van der Waals surface area contributed by atoms with Crippen LogP contribution in [0.3, 0.4) is 0 Å². The molecule has 0 aliphatic carbocycles. The maximum Gasteiger partial charge on any atom is 0.241 e. The quantitative estimate of drug-likeness (QED) is 0.790. The Morgan fingerprint density at radius 2 is 2.00 bits per heavy atom. The Morgan fingerprint density at radius 3 is 2.58 bits per heavy atom. The van der Waals surface area contributed by atoms with Gasteiger partial charge in [0.25, 0.3) is 0 Å². The molecule has 0 aliphatic heterocycles. The minimum absolute atomic E-state index is 0.0211. The van der Waals surface area contributed by atoms with Crippen LogP contribution in [0, 0.1) is 11.3 Å². The lowest BCUT2D eigenvalue weighted by molar-refractivity contribution is -0.119. The van der Waals surface area contributed by atoms with E-state index in [-0.39, 0.29) is 19.1 Å². The number of carbonyl (C=O) groups is 1. The van der Waals surface area contributed by atoms with Crippen LogP contribution in [0.2, 0.25) is 0 Å². The SMILES string of the molecule is CN(CCO)CC(=O)N(CCC#N)c1ccccc1. The number of aliphatic hydroxyl groups excluding tert-OH is 1. The van der Waals surface area contributed by atoms with E-state index in [1.165, 1.54) is 0 Å². The lowest BCUT2D eigenvalue weighted by Gasteiger charge is -2.24. The molecule has 0 fully saturated rings. The molecule has 1 amide bonds. The maximum atomic E-state index is 12.2. The molecule has 19 heavy (non-hydrogen) atoms. The average Bonchev–Trinajstić information content (AvgIpc) is 2.40. The third-order valence-corrected chi connectivity index (χ3v) is 2.70. The first-order valence-electron chi connectivity index (χ1n) is 6.20. The molecule has 0 bridgehead atoms.